The van der Waals surface area contributed by atoms with Gasteiger partial charge in [0.15, 0.2) is 0 Å². The van der Waals surface area contributed by atoms with Crippen molar-refractivity contribution in [1.29, 1.82) is 0 Å². The standard InChI is InChI=1S/C19H19N/c1-3-15-13-16(19-9-6-12-20-19)10-11-18(15)17-8-5-4-7-14(17)2/h4-8,10-13H,3,9H2,1-2H3. The second kappa shape index (κ2) is 5.46. The maximum absolute atomic E-state index is 4.44. The van der Waals surface area contributed by atoms with E-state index < -0.39 is 0 Å². The topological polar surface area (TPSA) is 12.4 Å². The SMILES string of the molecule is CCc1cc(C2=NC=CC2)ccc1-c1ccccc1C. The molecule has 0 fully saturated rings. The van der Waals surface area contributed by atoms with Gasteiger partial charge in [-0.2, -0.15) is 0 Å². The fourth-order valence-corrected chi connectivity index (χ4v) is 2.76. The molecular formula is C19H19N. The van der Waals surface area contributed by atoms with Crippen molar-refractivity contribution in [2.45, 2.75) is 26.7 Å². The molecule has 0 aliphatic carbocycles. The van der Waals surface area contributed by atoms with Crippen LogP contribution < -0.4 is 0 Å². The number of hydrogen-bond acceptors (Lipinski definition) is 1. The van der Waals surface area contributed by atoms with E-state index >= 15 is 0 Å². The van der Waals surface area contributed by atoms with Gasteiger partial charge in [0.2, 0.25) is 0 Å². The third kappa shape index (κ3) is 2.32. The molecule has 20 heavy (non-hydrogen) atoms. The van der Waals surface area contributed by atoms with E-state index in [9.17, 15) is 0 Å². The van der Waals surface area contributed by atoms with Crippen molar-refractivity contribution in [2.24, 2.45) is 4.99 Å². The van der Waals surface area contributed by atoms with E-state index in [1.54, 1.807) is 0 Å². The molecule has 0 amide bonds. The Bertz CT molecular complexity index is 693. The zero-order valence-electron chi connectivity index (χ0n) is 12.1. The van der Waals surface area contributed by atoms with E-state index in [0.717, 1.165) is 12.8 Å². The van der Waals surface area contributed by atoms with Gasteiger partial charge >= 0.3 is 0 Å². The van der Waals surface area contributed by atoms with E-state index in [1.807, 2.05) is 6.20 Å². The van der Waals surface area contributed by atoms with Crippen molar-refractivity contribution in [3.05, 3.63) is 71.4 Å². The summed E-state index contributed by atoms with van der Waals surface area (Å²) in [5.41, 5.74) is 7.84. The lowest BCUT2D eigenvalue weighted by molar-refractivity contribution is 1.14. The highest BCUT2D eigenvalue weighted by atomic mass is 14.7. The zero-order chi connectivity index (χ0) is 13.9. The maximum Gasteiger partial charge on any atom is 0.0514 e. The lowest BCUT2D eigenvalue weighted by Crippen LogP contribution is -1.99. The zero-order valence-corrected chi connectivity index (χ0v) is 12.1. The van der Waals surface area contributed by atoms with E-state index in [4.69, 9.17) is 0 Å². The highest BCUT2D eigenvalue weighted by molar-refractivity contribution is 6.03. The predicted octanol–water partition coefficient (Wildman–Crippen LogP) is 4.93. The first-order valence-electron chi connectivity index (χ1n) is 7.20. The molecule has 0 aromatic heterocycles. The molecule has 1 aliphatic rings. The number of aliphatic imine (C=N–C) groups is 1. The lowest BCUT2D eigenvalue weighted by atomic mass is 9.92. The molecule has 0 radical (unpaired) electrons. The van der Waals surface area contributed by atoms with Crippen LogP contribution >= 0.6 is 0 Å². The van der Waals surface area contributed by atoms with Gasteiger partial charge in [0.25, 0.3) is 0 Å². The number of aryl methyl sites for hydroxylation is 2. The Morgan fingerprint density at radius 2 is 1.90 bits per heavy atom. The van der Waals surface area contributed by atoms with Crippen LogP contribution in [0.25, 0.3) is 11.1 Å². The summed E-state index contributed by atoms with van der Waals surface area (Å²) >= 11 is 0. The molecule has 0 unspecified atom stereocenters. The third-order valence-corrected chi connectivity index (χ3v) is 3.90. The molecule has 1 heterocycles. The summed E-state index contributed by atoms with van der Waals surface area (Å²) < 4.78 is 0. The lowest BCUT2D eigenvalue weighted by Gasteiger charge is -2.13. The van der Waals surface area contributed by atoms with Crippen molar-refractivity contribution in [2.75, 3.05) is 0 Å². The molecule has 2 aromatic carbocycles. The van der Waals surface area contributed by atoms with Crippen LogP contribution in [0, 0.1) is 6.92 Å². The Balaban J connectivity index is 2.07. The summed E-state index contributed by atoms with van der Waals surface area (Å²) in [6, 6.07) is 15.3. The van der Waals surface area contributed by atoms with Crippen molar-refractivity contribution in [3.8, 4) is 11.1 Å². The Labute approximate surface area is 120 Å². The molecule has 0 N–H and O–H groups in total. The summed E-state index contributed by atoms with van der Waals surface area (Å²) in [5.74, 6) is 0. The number of hydrogen-bond donors (Lipinski definition) is 0. The number of rotatable bonds is 3. The molecule has 0 atom stereocenters. The van der Waals surface area contributed by atoms with Crippen LogP contribution in [0.15, 0.2) is 59.7 Å². The summed E-state index contributed by atoms with van der Waals surface area (Å²) in [6.45, 7) is 4.39. The Morgan fingerprint density at radius 1 is 1.05 bits per heavy atom. The Kier molecular flexibility index (Phi) is 3.51. The minimum absolute atomic E-state index is 0.951. The fourth-order valence-electron chi connectivity index (χ4n) is 2.76. The average Bonchev–Trinajstić information content (AvgIpc) is 3.01. The van der Waals surface area contributed by atoms with Gasteiger partial charge in [-0.3, -0.25) is 4.99 Å². The largest absolute Gasteiger partial charge is 0.261 e. The van der Waals surface area contributed by atoms with Crippen LogP contribution in [-0.4, -0.2) is 5.71 Å². The quantitative estimate of drug-likeness (QED) is 0.742. The predicted molar refractivity (Wildman–Crippen MR) is 86.3 cm³/mol. The van der Waals surface area contributed by atoms with E-state index in [2.05, 4.69) is 67.4 Å². The van der Waals surface area contributed by atoms with E-state index in [1.165, 1.54) is 33.5 Å². The maximum atomic E-state index is 4.44. The Morgan fingerprint density at radius 3 is 2.60 bits per heavy atom. The third-order valence-electron chi connectivity index (χ3n) is 3.90. The summed E-state index contributed by atoms with van der Waals surface area (Å²) in [5, 5.41) is 0. The minimum Gasteiger partial charge on any atom is -0.261 e. The van der Waals surface area contributed by atoms with Crippen LogP contribution in [0.2, 0.25) is 0 Å². The minimum atomic E-state index is 0.951. The van der Waals surface area contributed by atoms with Gasteiger partial charge in [-0.15, -0.1) is 0 Å². The highest BCUT2D eigenvalue weighted by Crippen LogP contribution is 2.28. The van der Waals surface area contributed by atoms with Gasteiger partial charge in [-0.05, 0) is 47.2 Å². The number of allylic oxidation sites excluding steroid dienone is 1. The van der Waals surface area contributed by atoms with Gasteiger partial charge in [0.1, 0.15) is 0 Å². The second-order valence-corrected chi connectivity index (χ2v) is 5.21. The molecule has 1 aliphatic heterocycles. The van der Waals surface area contributed by atoms with Crippen LogP contribution in [-0.2, 0) is 6.42 Å². The summed E-state index contributed by atoms with van der Waals surface area (Å²) in [4.78, 5) is 4.44. The highest BCUT2D eigenvalue weighted by Gasteiger charge is 2.10. The monoisotopic (exact) mass is 261 g/mol. The fraction of sp³-hybridized carbons (Fsp3) is 0.211. The smallest absolute Gasteiger partial charge is 0.0514 e. The molecule has 3 rings (SSSR count). The number of benzene rings is 2. The van der Waals surface area contributed by atoms with Gasteiger partial charge in [0, 0.05) is 12.6 Å². The summed E-state index contributed by atoms with van der Waals surface area (Å²) in [6.07, 6.45) is 6.00. The normalized spacial score (nSPS) is 13.6. The van der Waals surface area contributed by atoms with Crippen LogP contribution in [0.1, 0.15) is 30.0 Å². The van der Waals surface area contributed by atoms with E-state index in [-0.39, 0.29) is 0 Å². The van der Waals surface area contributed by atoms with Crippen LogP contribution in [0.5, 0.6) is 0 Å². The van der Waals surface area contributed by atoms with Crippen molar-refractivity contribution in [3.63, 3.8) is 0 Å². The molecule has 0 saturated heterocycles. The molecule has 2 aromatic rings. The average molecular weight is 261 g/mol. The summed E-state index contributed by atoms with van der Waals surface area (Å²) in [7, 11) is 0. The first-order valence-corrected chi connectivity index (χ1v) is 7.20. The number of nitrogens with zero attached hydrogens (tertiary/aromatic N) is 1. The molecular weight excluding hydrogens is 242 g/mol. The molecule has 1 nitrogen and oxygen atoms in total. The van der Waals surface area contributed by atoms with Crippen molar-refractivity contribution >= 4 is 5.71 Å². The van der Waals surface area contributed by atoms with Gasteiger partial charge in [-0.25, -0.2) is 0 Å². The molecule has 0 saturated carbocycles. The van der Waals surface area contributed by atoms with Gasteiger partial charge in [0.05, 0.1) is 5.71 Å². The van der Waals surface area contributed by atoms with Crippen LogP contribution in [0.4, 0.5) is 0 Å². The first kappa shape index (κ1) is 12.9. The van der Waals surface area contributed by atoms with Crippen molar-refractivity contribution < 1.29 is 0 Å². The first-order chi connectivity index (χ1) is 9.79. The molecule has 0 spiro atoms. The van der Waals surface area contributed by atoms with E-state index in [0.29, 0.717) is 0 Å². The molecule has 100 valence electrons. The van der Waals surface area contributed by atoms with Crippen molar-refractivity contribution in [1.82, 2.24) is 0 Å². The van der Waals surface area contributed by atoms with Crippen LogP contribution in [0.3, 0.4) is 0 Å². The second-order valence-electron chi connectivity index (χ2n) is 5.21. The Hall–Kier alpha value is -2.15. The van der Waals surface area contributed by atoms with Gasteiger partial charge < -0.3 is 0 Å². The molecule has 0 bridgehead atoms. The molecule has 1 heteroatoms. The van der Waals surface area contributed by atoms with Gasteiger partial charge in [-0.1, -0.05) is 49.4 Å².